The minimum absolute atomic E-state index is 0.0787. The van der Waals surface area contributed by atoms with Crippen molar-refractivity contribution in [3.8, 4) is 22.9 Å². The Labute approximate surface area is 127 Å². The van der Waals surface area contributed by atoms with Crippen LogP contribution in [0.15, 0.2) is 18.2 Å². The molecule has 1 aromatic heterocycles. The highest BCUT2D eigenvalue weighted by Gasteiger charge is 2.13. The maximum Gasteiger partial charge on any atom is 0.228 e. The Morgan fingerprint density at radius 2 is 1.95 bits per heavy atom. The Balaban J connectivity index is 2.23. The summed E-state index contributed by atoms with van der Waals surface area (Å²) >= 11 is 1.15. The Morgan fingerprint density at radius 3 is 2.57 bits per heavy atom. The van der Waals surface area contributed by atoms with Gasteiger partial charge in [0.2, 0.25) is 11.0 Å². The third kappa shape index (κ3) is 3.49. The predicted octanol–water partition coefficient (Wildman–Crippen LogP) is 2.82. The number of nitrogens with one attached hydrogen (secondary N) is 1. The molecule has 1 aromatic carbocycles. The number of nitrogens with zero attached hydrogens (tertiary/aromatic N) is 2. The molecule has 0 bridgehead atoms. The number of hydrogen-bond acceptors (Lipinski definition) is 6. The number of benzene rings is 1. The van der Waals surface area contributed by atoms with E-state index in [1.807, 2.05) is 19.9 Å². The first kappa shape index (κ1) is 15.2. The molecule has 0 aliphatic heterocycles. The lowest BCUT2D eigenvalue weighted by molar-refractivity contribution is -0.118. The molecular weight excluding hydrogens is 290 g/mol. The van der Waals surface area contributed by atoms with Gasteiger partial charge in [0.15, 0.2) is 17.3 Å². The second-order valence-electron chi connectivity index (χ2n) is 4.64. The second kappa shape index (κ2) is 6.53. The van der Waals surface area contributed by atoms with Crippen LogP contribution in [0.2, 0.25) is 0 Å². The predicted molar refractivity (Wildman–Crippen MR) is 81.9 cm³/mol. The number of carbonyl (C=O) groups is 1. The summed E-state index contributed by atoms with van der Waals surface area (Å²) in [6.45, 7) is 3.65. The lowest BCUT2D eigenvalue weighted by atomic mass is 10.2. The Hall–Kier alpha value is -2.15. The van der Waals surface area contributed by atoms with Gasteiger partial charge in [0.25, 0.3) is 0 Å². The maximum atomic E-state index is 11.6. The number of methoxy groups -OCH3 is 2. The largest absolute Gasteiger partial charge is 0.493 e. The number of ether oxygens (including phenoxy) is 2. The van der Waals surface area contributed by atoms with Crippen LogP contribution in [0.25, 0.3) is 11.4 Å². The van der Waals surface area contributed by atoms with Gasteiger partial charge < -0.3 is 14.8 Å². The molecule has 0 radical (unpaired) electrons. The van der Waals surface area contributed by atoms with Crippen molar-refractivity contribution in [2.45, 2.75) is 13.8 Å². The summed E-state index contributed by atoms with van der Waals surface area (Å²) in [6.07, 6.45) is 0. The molecule has 1 heterocycles. The molecule has 1 amide bonds. The van der Waals surface area contributed by atoms with Crippen molar-refractivity contribution in [3.63, 3.8) is 0 Å². The third-order valence-electron chi connectivity index (χ3n) is 2.82. The molecular formula is C14H17N3O3S. The van der Waals surface area contributed by atoms with Crippen LogP contribution in [0.1, 0.15) is 13.8 Å². The molecule has 0 unspecified atom stereocenters. The summed E-state index contributed by atoms with van der Waals surface area (Å²) in [5.74, 6) is 1.62. The van der Waals surface area contributed by atoms with Crippen molar-refractivity contribution in [1.29, 1.82) is 0 Å². The van der Waals surface area contributed by atoms with Crippen LogP contribution in [-0.4, -0.2) is 29.5 Å². The Bertz CT molecular complexity index is 640. The quantitative estimate of drug-likeness (QED) is 0.919. The monoisotopic (exact) mass is 307 g/mol. The molecule has 0 atom stereocenters. The summed E-state index contributed by atoms with van der Waals surface area (Å²) in [6, 6.07) is 5.44. The van der Waals surface area contributed by atoms with E-state index in [4.69, 9.17) is 9.47 Å². The van der Waals surface area contributed by atoms with E-state index in [0.29, 0.717) is 22.5 Å². The van der Waals surface area contributed by atoms with E-state index in [2.05, 4.69) is 14.7 Å². The van der Waals surface area contributed by atoms with E-state index in [0.717, 1.165) is 17.1 Å². The van der Waals surface area contributed by atoms with E-state index in [9.17, 15) is 4.79 Å². The highest BCUT2D eigenvalue weighted by atomic mass is 32.1. The van der Waals surface area contributed by atoms with Gasteiger partial charge in [-0.1, -0.05) is 13.8 Å². The highest BCUT2D eigenvalue weighted by Crippen LogP contribution is 2.32. The van der Waals surface area contributed by atoms with Crippen molar-refractivity contribution >= 4 is 22.6 Å². The second-order valence-corrected chi connectivity index (χ2v) is 5.39. The van der Waals surface area contributed by atoms with Crippen LogP contribution in [0, 0.1) is 5.92 Å². The number of carbonyl (C=O) groups excluding carboxylic acids is 1. The smallest absolute Gasteiger partial charge is 0.228 e. The molecule has 6 nitrogen and oxygen atoms in total. The van der Waals surface area contributed by atoms with Crippen LogP contribution in [0.4, 0.5) is 5.13 Å². The molecule has 0 spiro atoms. The fraction of sp³-hybridized carbons (Fsp3) is 0.357. The molecule has 0 aliphatic rings. The SMILES string of the molecule is COc1ccc(-c2nsc(NC(=O)C(C)C)n2)cc1OC. The molecule has 21 heavy (non-hydrogen) atoms. The molecule has 112 valence electrons. The van der Waals surface area contributed by atoms with E-state index >= 15 is 0 Å². The summed E-state index contributed by atoms with van der Waals surface area (Å²) < 4.78 is 14.7. The number of rotatable bonds is 5. The fourth-order valence-electron chi connectivity index (χ4n) is 1.62. The number of amides is 1. The lowest BCUT2D eigenvalue weighted by Gasteiger charge is -2.07. The normalized spacial score (nSPS) is 10.5. The molecule has 0 saturated heterocycles. The van der Waals surface area contributed by atoms with E-state index in [1.165, 1.54) is 0 Å². The first-order valence-electron chi connectivity index (χ1n) is 6.42. The van der Waals surface area contributed by atoms with Gasteiger partial charge in [0, 0.05) is 23.0 Å². The van der Waals surface area contributed by atoms with Gasteiger partial charge in [0.1, 0.15) is 0 Å². The van der Waals surface area contributed by atoms with Gasteiger partial charge in [-0.2, -0.15) is 9.36 Å². The van der Waals surface area contributed by atoms with Gasteiger partial charge >= 0.3 is 0 Å². The zero-order valence-electron chi connectivity index (χ0n) is 12.3. The lowest BCUT2D eigenvalue weighted by Crippen LogP contribution is -2.17. The minimum atomic E-state index is -0.0987. The Kier molecular flexibility index (Phi) is 4.74. The van der Waals surface area contributed by atoms with Crippen LogP contribution in [0.3, 0.4) is 0 Å². The minimum Gasteiger partial charge on any atom is -0.493 e. The van der Waals surface area contributed by atoms with Crippen LogP contribution >= 0.6 is 11.5 Å². The van der Waals surface area contributed by atoms with E-state index < -0.39 is 0 Å². The van der Waals surface area contributed by atoms with Gasteiger partial charge in [-0.3, -0.25) is 4.79 Å². The zero-order chi connectivity index (χ0) is 15.4. The molecule has 0 saturated carbocycles. The van der Waals surface area contributed by atoms with E-state index in [1.54, 1.807) is 26.4 Å². The summed E-state index contributed by atoms with van der Waals surface area (Å²) in [5, 5.41) is 3.22. The van der Waals surface area contributed by atoms with Crippen LogP contribution in [-0.2, 0) is 4.79 Å². The summed E-state index contributed by atoms with van der Waals surface area (Å²) in [5.41, 5.74) is 0.800. The molecule has 2 rings (SSSR count). The van der Waals surface area contributed by atoms with Crippen molar-refractivity contribution in [2.75, 3.05) is 19.5 Å². The van der Waals surface area contributed by atoms with Crippen molar-refractivity contribution in [2.24, 2.45) is 5.92 Å². The number of aromatic nitrogens is 2. The maximum absolute atomic E-state index is 11.6. The summed E-state index contributed by atoms with van der Waals surface area (Å²) in [4.78, 5) is 15.9. The average molecular weight is 307 g/mol. The first-order valence-corrected chi connectivity index (χ1v) is 7.19. The van der Waals surface area contributed by atoms with Crippen molar-refractivity contribution in [1.82, 2.24) is 9.36 Å². The fourth-order valence-corrected chi connectivity index (χ4v) is 2.21. The Morgan fingerprint density at radius 1 is 1.24 bits per heavy atom. The standard InChI is InChI=1S/C14H17N3O3S/c1-8(2)13(18)16-14-15-12(17-21-14)9-5-6-10(19-3)11(7-9)20-4/h5-8H,1-4H3,(H,15,16,17,18). The van der Waals surface area contributed by atoms with E-state index in [-0.39, 0.29) is 11.8 Å². The molecule has 0 fully saturated rings. The van der Waals surface area contributed by atoms with Gasteiger partial charge in [-0.05, 0) is 18.2 Å². The van der Waals surface area contributed by atoms with Gasteiger partial charge in [-0.25, -0.2) is 0 Å². The van der Waals surface area contributed by atoms with Gasteiger partial charge in [-0.15, -0.1) is 0 Å². The first-order chi connectivity index (χ1) is 10.0. The molecule has 7 heteroatoms. The molecule has 2 aromatic rings. The average Bonchev–Trinajstić information content (AvgIpc) is 2.94. The van der Waals surface area contributed by atoms with Gasteiger partial charge in [0.05, 0.1) is 14.2 Å². The third-order valence-corrected chi connectivity index (χ3v) is 3.45. The van der Waals surface area contributed by atoms with Crippen LogP contribution < -0.4 is 14.8 Å². The molecule has 0 aliphatic carbocycles. The van der Waals surface area contributed by atoms with Crippen molar-refractivity contribution in [3.05, 3.63) is 18.2 Å². The zero-order valence-corrected chi connectivity index (χ0v) is 13.2. The number of anilines is 1. The highest BCUT2D eigenvalue weighted by molar-refractivity contribution is 7.10. The molecule has 1 N–H and O–H groups in total. The summed E-state index contributed by atoms with van der Waals surface area (Å²) in [7, 11) is 3.16. The number of hydrogen-bond donors (Lipinski definition) is 1. The topological polar surface area (TPSA) is 73.3 Å². The van der Waals surface area contributed by atoms with Crippen molar-refractivity contribution < 1.29 is 14.3 Å². The van der Waals surface area contributed by atoms with Crippen LogP contribution in [0.5, 0.6) is 11.5 Å².